The lowest BCUT2D eigenvalue weighted by Crippen LogP contribution is -2.21. The summed E-state index contributed by atoms with van der Waals surface area (Å²) < 4.78 is 5.29. The van der Waals surface area contributed by atoms with Gasteiger partial charge in [-0.25, -0.2) is 0 Å². The molecular weight excluding hydrogens is 176 g/mol. The quantitative estimate of drug-likeness (QED) is 0.766. The second-order valence-electron chi connectivity index (χ2n) is 3.27. The molecule has 1 aromatic heterocycles. The van der Waals surface area contributed by atoms with Crippen molar-refractivity contribution in [2.24, 2.45) is 0 Å². The molecule has 0 atom stereocenters. The maximum absolute atomic E-state index is 5.29. The predicted molar refractivity (Wildman–Crippen MR) is 56.3 cm³/mol. The SMILES string of the molecule is COc1ccncc1C1=CCCNC1. The van der Waals surface area contributed by atoms with Crippen molar-refractivity contribution in [3.8, 4) is 5.75 Å². The second kappa shape index (κ2) is 4.24. The van der Waals surface area contributed by atoms with Gasteiger partial charge in [0.1, 0.15) is 5.75 Å². The Hall–Kier alpha value is -1.35. The highest BCUT2D eigenvalue weighted by molar-refractivity contribution is 5.71. The molecular formula is C11H14N2O. The summed E-state index contributed by atoms with van der Waals surface area (Å²) in [7, 11) is 1.69. The Morgan fingerprint density at radius 2 is 2.43 bits per heavy atom. The number of hydrogen-bond acceptors (Lipinski definition) is 3. The molecule has 74 valence electrons. The fourth-order valence-electron chi connectivity index (χ4n) is 1.65. The summed E-state index contributed by atoms with van der Waals surface area (Å²) in [4.78, 5) is 4.12. The Labute approximate surface area is 83.8 Å². The lowest BCUT2D eigenvalue weighted by Gasteiger charge is -2.16. The van der Waals surface area contributed by atoms with Gasteiger partial charge in [0.05, 0.1) is 7.11 Å². The molecule has 0 spiro atoms. The monoisotopic (exact) mass is 190 g/mol. The summed E-state index contributed by atoms with van der Waals surface area (Å²) in [5.41, 5.74) is 2.38. The molecule has 0 amide bonds. The van der Waals surface area contributed by atoms with Gasteiger partial charge in [-0.15, -0.1) is 0 Å². The van der Waals surface area contributed by atoms with E-state index in [1.807, 2.05) is 12.3 Å². The summed E-state index contributed by atoms with van der Waals surface area (Å²) in [6.45, 7) is 1.97. The van der Waals surface area contributed by atoms with Crippen LogP contribution in [0.15, 0.2) is 24.5 Å². The average molecular weight is 190 g/mol. The van der Waals surface area contributed by atoms with E-state index >= 15 is 0 Å². The van der Waals surface area contributed by atoms with Crippen molar-refractivity contribution in [3.63, 3.8) is 0 Å². The topological polar surface area (TPSA) is 34.1 Å². The van der Waals surface area contributed by atoms with Crippen LogP contribution in [0, 0.1) is 0 Å². The van der Waals surface area contributed by atoms with E-state index in [0.717, 1.165) is 30.8 Å². The Balaban J connectivity index is 2.34. The minimum absolute atomic E-state index is 0.898. The molecule has 1 aromatic rings. The number of hydrogen-bond donors (Lipinski definition) is 1. The first-order chi connectivity index (χ1) is 6.92. The van der Waals surface area contributed by atoms with Gasteiger partial charge >= 0.3 is 0 Å². The van der Waals surface area contributed by atoms with Crippen LogP contribution in [0.3, 0.4) is 0 Å². The number of pyridine rings is 1. The first-order valence-corrected chi connectivity index (χ1v) is 4.80. The van der Waals surface area contributed by atoms with E-state index in [2.05, 4.69) is 16.4 Å². The van der Waals surface area contributed by atoms with Gasteiger partial charge in [0.25, 0.3) is 0 Å². The largest absolute Gasteiger partial charge is 0.496 e. The minimum Gasteiger partial charge on any atom is -0.496 e. The molecule has 1 aliphatic heterocycles. The molecule has 3 heteroatoms. The zero-order valence-corrected chi connectivity index (χ0v) is 8.29. The van der Waals surface area contributed by atoms with Crippen LogP contribution in [0.1, 0.15) is 12.0 Å². The lowest BCUT2D eigenvalue weighted by atomic mass is 10.0. The van der Waals surface area contributed by atoms with E-state index in [-0.39, 0.29) is 0 Å². The minimum atomic E-state index is 0.898. The summed E-state index contributed by atoms with van der Waals surface area (Å²) in [5.74, 6) is 0.898. The fraction of sp³-hybridized carbons (Fsp3) is 0.364. The zero-order valence-electron chi connectivity index (χ0n) is 8.29. The fourth-order valence-corrected chi connectivity index (χ4v) is 1.65. The van der Waals surface area contributed by atoms with E-state index in [9.17, 15) is 0 Å². The van der Waals surface area contributed by atoms with E-state index in [4.69, 9.17) is 4.74 Å². The van der Waals surface area contributed by atoms with Gasteiger partial charge in [-0.3, -0.25) is 4.98 Å². The molecule has 0 fully saturated rings. The molecule has 0 saturated carbocycles. The first kappa shape index (κ1) is 9.21. The summed E-state index contributed by atoms with van der Waals surface area (Å²) in [6.07, 6.45) is 6.93. The standard InChI is InChI=1S/C11H14N2O/c1-14-11-4-6-13-8-10(11)9-3-2-5-12-7-9/h3-4,6,8,12H,2,5,7H2,1H3. The van der Waals surface area contributed by atoms with Crippen LogP contribution >= 0.6 is 0 Å². The van der Waals surface area contributed by atoms with Crippen molar-refractivity contribution in [1.82, 2.24) is 10.3 Å². The third-order valence-corrected chi connectivity index (χ3v) is 2.37. The van der Waals surface area contributed by atoms with Crippen molar-refractivity contribution in [2.45, 2.75) is 6.42 Å². The molecule has 1 N–H and O–H groups in total. The number of rotatable bonds is 2. The van der Waals surface area contributed by atoms with Crippen LogP contribution in [0.4, 0.5) is 0 Å². The maximum atomic E-state index is 5.29. The summed E-state index contributed by atoms with van der Waals surface area (Å²) in [6, 6.07) is 1.89. The molecule has 0 radical (unpaired) electrons. The van der Waals surface area contributed by atoms with Crippen molar-refractivity contribution in [1.29, 1.82) is 0 Å². The van der Waals surface area contributed by atoms with Crippen LogP contribution in [0.25, 0.3) is 5.57 Å². The lowest BCUT2D eigenvalue weighted by molar-refractivity contribution is 0.412. The number of nitrogens with zero attached hydrogens (tertiary/aromatic N) is 1. The van der Waals surface area contributed by atoms with Crippen LogP contribution in [-0.4, -0.2) is 25.2 Å². The first-order valence-electron chi connectivity index (χ1n) is 4.80. The number of nitrogens with one attached hydrogen (secondary N) is 1. The third-order valence-electron chi connectivity index (χ3n) is 2.37. The highest BCUT2D eigenvalue weighted by atomic mass is 16.5. The Morgan fingerprint density at radius 3 is 3.14 bits per heavy atom. The molecule has 14 heavy (non-hydrogen) atoms. The highest BCUT2D eigenvalue weighted by Gasteiger charge is 2.10. The molecule has 0 aliphatic carbocycles. The summed E-state index contributed by atoms with van der Waals surface area (Å²) in [5, 5.41) is 3.33. The van der Waals surface area contributed by atoms with Gasteiger partial charge in [0.15, 0.2) is 0 Å². The summed E-state index contributed by atoms with van der Waals surface area (Å²) >= 11 is 0. The molecule has 2 heterocycles. The zero-order chi connectivity index (χ0) is 9.80. The van der Waals surface area contributed by atoms with Gasteiger partial charge in [-0.2, -0.15) is 0 Å². The van der Waals surface area contributed by atoms with Gasteiger partial charge in [-0.1, -0.05) is 6.08 Å². The molecule has 2 rings (SSSR count). The Bertz CT molecular complexity index is 347. The molecule has 1 aliphatic rings. The van der Waals surface area contributed by atoms with Crippen LogP contribution in [0.2, 0.25) is 0 Å². The second-order valence-corrected chi connectivity index (χ2v) is 3.27. The Morgan fingerprint density at radius 1 is 1.50 bits per heavy atom. The van der Waals surface area contributed by atoms with Gasteiger partial charge < -0.3 is 10.1 Å². The van der Waals surface area contributed by atoms with Crippen LogP contribution in [0.5, 0.6) is 5.75 Å². The smallest absolute Gasteiger partial charge is 0.129 e. The van der Waals surface area contributed by atoms with Crippen molar-refractivity contribution in [3.05, 3.63) is 30.1 Å². The van der Waals surface area contributed by atoms with E-state index < -0.39 is 0 Å². The normalized spacial score (nSPS) is 16.2. The van der Waals surface area contributed by atoms with Gasteiger partial charge in [0.2, 0.25) is 0 Å². The van der Waals surface area contributed by atoms with Gasteiger partial charge in [0, 0.05) is 24.5 Å². The van der Waals surface area contributed by atoms with Gasteiger partial charge in [-0.05, 0) is 24.6 Å². The average Bonchev–Trinajstić information content (AvgIpc) is 2.30. The highest BCUT2D eigenvalue weighted by Crippen LogP contribution is 2.25. The molecule has 0 saturated heterocycles. The van der Waals surface area contributed by atoms with Crippen LogP contribution in [-0.2, 0) is 0 Å². The molecule has 0 unspecified atom stereocenters. The van der Waals surface area contributed by atoms with Crippen molar-refractivity contribution >= 4 is 5.57 Å². The number of ether oxygens (including phenoxy) is 1. The number of methoxy groups -OCH3 is 1. The predicted octanol–water partition coefficient (Wildman–Crippen LogP) is 1.47. The molecule has 0 aromatic carbocycles. The molecule has 3 nitrogen and oxygen atoms in total. The maximum Gasteiger partial charge on any atom is 0.129 e. The van der Waals surface area contributed by atoms with E-state index in [1.165, 1.54) is 5.57 Å². The van der Waals surface area contributed by atoms with Crippen molar-refractivity contribution in [2.75, 3.05) is 20.2 Å². The van der Waals surface area contributed by atoms with E-state index in [0.29, 0.717) is 0 Å². The third kappa shape index (κ3) is 1.77. The number of aromatic nitrogens is 1. The van der Waals surface area contributed by atoms with Crippen LogP contribution < -0.4 is 10.1 Å². The Kier molecular flexibility index (Phi) is 2.79. The van der Waals surface area contributed by atoms with Crippen molar-refractivity contribution < 1.29 is 4.74 Å². The van der Waals surface area contributed by atoms with E-state index in [1.54, 1.807) is 13.3 Å². The molecule has 0 bridgehead atoms.